The average molecular weight is 317 g/mol. The summed E-state index contributed by atoms with van der Waals surface area (Å²) in [7, 11) is -0.0567. The summed E-state index contributed by atoms with van der Waals surface area (Å²) in [5, 5.41) is 0. The fraction of sp³-hybridized carbons (Fsp3) is 0.583. The van der Waals surface area contributed by atoms with E-state index in [1.807, 2.05) is 0 Å². The second-order valence-corrected chi connectivity index (χ2v) is 6.16. The van der Waals surface area contributed by atoms with Crippen LogP contribution in [0.4, 0.5) is 0 Å². The van der Waals surface area contributed by atoms with E-state index in [1.165, 1.54) is 17.3 Å². The summed E-state index contributed by atoms with van der Waals surface area (Å²) < 4.78 is 27.6. The molecule has 118 valence electrons. The van der Waals surface area contributed by atoms with Crippen LogP contribution in [-0.4, -0.2) is 54.4 Å². The molecule has 0 aliphatic carbocycles. The predicted molar refractivity (Wildman–Crippen MR) is 76.4 cm³/mol. The van der Waals surface area contributed by atoms with Crippen molar-refractivity contribution in [2.24, 2.45) is 0 Å². The van der Waals surface area contributed by atoms with Gasteiger partial charge in [0.05, 0.1) is 25.6 Å². The first kappa shape index (κ1) is 17.6. The van der Waals surface area contributed by atoms with Crippen molar-refractivity contribution in [2.75, 3.05) is 33.7 Å². The molecule has 0 bridgehead atoms. The van der Waals surface area contributed by atoms with Crippen LogP contribution < -0.4 is 4.74 Å². The number of hydrogen-bond donors (Lipinski definition) is 0. The van der Waals surface area contributed by atoms with Gasteiger partial charge in [-0.15, -0.1) is 0 Å². The first-order valence-corrected chi connectivity index (χ1v) is 8.19. The molecule has 8 nitrogen and oxygen atoms in total. The predicted octanol–water partition coefficient (Wildman–Crippen LogP) is 1.78. The summed E-state index contributed by atoms with van der Waals surface area (Å²) in [6, 6.07) is 0. The zero-order valence-corrected chi connectivity index (χ0v) is 13.5. The van der Waals surface area contributed by atoms with Gasteiger partial charge in [-0.2, -0.15) is 0 Å². The lowest BCUT2D eigenvalue weighted by Gasteiger charge is -2.16. The fourth-order valence-electron chi connectivity index (χ4n) is 1.38. The molecule has 1 aromatic heterocycles. The molecular weight excluding hydrogens is 297 g/mol. The second-order valence-electron chi connectivity index (χ2n) is 4.16. The number of amides is 1. The minimum atomic E-state index is -3.30. The van der Waals surface area contributed by atoms with E-state index >= 15 is 0 Å². The van der Waals surface area contributed by atoms with Crippen molar-refractivity contribution in [3.8, 4) is 5.88 Å². The van der Waals surface area contributed by atoms with Gasteiger partial charge in [0, 0.05) is 14.1 Å². The molecule has 9 heteroatoms. The third-order valence-electron chi connectivity index (χ3n) is 2.28. The maximum Gasteiger partial charge on any atom is 0.367 e. The molecule has 0 saturated heterocycles. The van der Waals surface area contributed by atoms with Gasteiger partial charge < -0.3 is 18.7 Å². The SMILES string of the molecule is CCOP(=O)(COc1cnc(C(=O)N(C)C)cn1)OCC. The molecule has 1 rings (SSSR count). The highest BCUT2D eigenvalue weighted by atomic mass is 31.2. The van der Waals surface area contributed by atoms with Gasteiger partial charge in [-0.1, -0.05) is 0 Å². The molecule has 1 heterocycles. The Morgan fingerprint density at radius 1 is 1.19 bits per heavy atom. The lowest BCUT2D eigenvalue weighted by molar-refractivity contribution is 0.0821. The van der Waals surface area contributed by atoms with Gasteiger partial charge in [0.2, 0.25) is 5.88 Å². The molecule has 0 saturated carbocycles. The quantitative estimate of drug-likeness (QED) is 0.675. The van der Waals surface area contributed by atoms with E-state index in [1.54, 1.807) is 27.9 Å². The van der Waals surface area contributed by atoms with E-state index in [9.17, 15) is 9.36 Å². The Balaban J connectivity index is 2.67. The lowest BCUT2D eigenvalue weighted by atomic mass is 10.4. The zero-order valence-electron chi connectivity index (χ0n) is 12.6. The molecule has 0 unspecified atom stereocenters. The highest BCUT2D eigenvalue weighted by Crippen LogP contribution is 2.47. The number of aromatic nitrogens is 2. The molecule has 0 aromatic carbocycles. The summed E-state index contributed by atoms with van der Waals surface area (Å²) >= 11 is 0. The number of hydrogen-bond acceptors (Lipinski definition) is 7. The molecule has 0 N–H and O–H groups in total. The van der Waals surface area contributed by atoms with Crippen molar-refractivity contribution in [1.82, 2.24) is 14.9 Å². The summed E-state index contributed by atoms with van der Waals surface area (Å²) in [5.74, 6) is -0.117. The van der Waals surface area contributed by atoms with E-state index in [4.69, 9.17) is 13.8 Å². The molecule has 21 heavy (non-hydrogen) atoms. The molecule has 0 aliphatic rings. The van der Waals surface area contributed by atoms with Crippen LogP contribution in [0.2, 0.25) is 0 Å². The third-order valence-corrected chi connectivity index (χ3v) is 4.02. The fourth-order valence-corrected chi connectivity index (χ4v) is 2.68. The maximum absolute atomic E-state index is 12.2. The molecule has 1 aromatic rings. The molecule has 0 aliphatic heterocycles. The Hall–Kier alpha value is -1.50. The number of nitrogens with zero attached hydrogens (tertiary/aromatic N) is 3. The summed E-state index contributed by atoms with van der Waals surface area (Å²) in [4.78, 5) is 20.9. The first-order chi connectivity index (χ1) is 9.91. The molecule has 0 fully saturated rings. The third kappa shape index (κ3) is 5.41. The van der Waals surface area contributed by atoms with E-state index in [-0.39, 0.29) is 37.0 Å². The van der Waals surface area contributed by atoms with Crippen LogP contribution in [-0.2, 0) is 13.6 Å². The Morgan fingerprint density at radius 2 is 1.81 bits per heavy atom. The van der Waals surface area contributed by atoms with Gasteiger partial charge in [-0.05, 0) is 13.8 Å². The average Bonchev–Trinajstić information content (AvgIpc) is 2.45. The highest BCUT2D eigenvalue weighted by Gasteiger charge is 2.25. The second kappa shape index (κ2) is 8.07. The van der Waals surface area contributed by atoms with Crippen molar-refractivity contribution < 1.29 is 23.1 Å². The Kier molecular flexibility index (Phi) is 6.74. The van der Waals surface area contributed by atoms with E-state index in [2.05, 4.69) is 9.97 Å². The minimum Gasteiger partial charge on any atom is -0.464 e. The number of carbonyl (C=O) groups excluding carboxylic acids is 1. The topological polar surface area (TPSA) is 90.9 Å². The summed E-state index contributed by atoms with van der Waals surface area (Å²) in [6.45, 7) is 3.94. The molecular formula is C12H20N3O5P. The molecule has 0 spiro atoms. The Bertz CT molecular complexity index is 496. The van der Waals surface area contributed by atoms with Crippen LogP contribution in [0.3, 0.4) is 0 Å². The van der Waals surface area contributed by atoms with Gasteiger partial charge in [0.15, 0.2) is 6.35 Å². The van der Waals surface area contributed by atoms with Crippen molar-refractivity contribution in [1.29, 1.82) is 0 Å². The number of rotatable bonds is 8. The molecule has 1 amide bonds. The van der Waals surface area contributed by atoms with Crippen molar-refractivity contribution >= 4 is 13.5 Å². The van der Waals surface area contributed by atoms with Crippen LogP contribution in [0.1, 0.15) is 24.3 Å². The normalized spacial score (nSPS) is 11.2. The Labute approximate surface area is 124 Å². The highest BCUT2D eigenvalue weighted by molar-refractivity contribution is 7.53. The van der Waals surface area contributed by atoms with Crippen LogP contribution in [0.15, 0.2) is 12.4 Å². The smallest absolute Gasteiger partial charge is 0.367 e. The van der Waals surface area contributed by atoms with Gasteiger partial charge in [0.25, 0.3) is 5.91 Å². The van der Waals surface area contributed by atoms with Crippen LogP contribution in [0, 0.1) is 0 Å². The van der Waals surface area contributed by atoms with Crippen molar-refractivity contribution in [3.05, 3.63) is 18.1 Å². The van der Waals surface area contributed by atoms with E-state index in [0.717, 1.165) is 0 Å². The number of ether oxygens (including phenoxy) is 1. The standard InChI is InChI=1S/C12H20N3O5P/c1-5-19-21(17,20-6-2)9-18-11-8-13-10(7-14-11)12(16)15(3)4/h7-8H,5-6,9H2,1-4H3. The molecule has 0 radical (unpaired) electrons. The zero-order chi connectivity index (χ0) is 15.9. The van der Waals surface area contributed by atoms with E-state index < -0.39 is 7.60 Å². The largest absolute Gasteiger partial charge is 0.464 e. The van der Waals surface area contributed by atoms with Crippen LogP contribution in [0.5, 0.6) is 5.88 Å². The van der Waals surface area contributed by atoms with Gasteiger partial charge >= 0.3 is 7.60 Å². The summed E-state index contributed by atoms with van der Waals surface area (Å²) in [5.41, 5.74) is 0.199. The number of carbonyl (C=O) groups is 1. The van der Waals surface area contributed by atoms with E-state index in [0.29, 0.717) is 0 Å². The first-order valence-electron chi connectivity index (χ1n) is 6.46. The lowest BCUT2D eigenvalue weighted by Crippen LogP contribution is -2.22. The molecule has 0 atom stereocenters. The monoisotopic (exact) mass is 317 g/mol. The van der Waals surface area contributed by atoms with Crippen LogP contribution in [0.25, 0.3) is 0 Å². The van der Waals surface area contributed by atoms with Gasteiger partial charge in [-0.3, -0.25) is 9.36 Å². The van der Waals surface area contributed by atoms with Crippen LogP contribution >= 0.6 is 7.60 Å². The minimum absolute atomic E-state index is 0.143. The van der Waals surface area contributed by atoms with Gasteiger partial charge in [0.1, 0.15) is 5.69 Å². The van der Waals surface area contributed by atoms with Crippen molar-refractivity contribution in [3.63, 3.8) is 0 Å². The Morgan fingerprint density at radius 3 is 2.24 bits per heavy atom. The van der Waals surface area contributed by atoms with Crippen molar-refractivity contribution in [2.45, 2.75) is 13.8 Å². The summed E-state index contributed by atoms with van der Waals surface area (Å²) in [6.07, 6.45) is 2.33. The van der Waals surface area contributed by atoms with Gasteiger partial charge in [-0.25, -0.2) is 9.97 Å². The maximum atomic E-state index is 12.2.